The van der Waals surface area contributed by atoms with Crippen LogP contribution >= 0.6 is 0 Å². The summed E-state index contributed by atoms with van der Waals surface area (Å²) in [7, 11) is 0. The summed E-state index contributed by atoms with van der Waals surface area (Å²) in [6.07, 6.45) is 2.64. The SMILES string of the molecule is CC(CCNC(=O)N(CC(=O)O)C1CC1)c1ccccc1. The molecule has 1 aromatic rings. The van der Waals surface area contributed by atoms with E-state index in [9.17, 15) is 9.59 Å². The van der Waals surface area contributed by atoms with Crippen LogP contribution in [0.15, 0.2) is 30.3 Å². The molecule has 1 aliphatic carbocycles. The Hall–Kier alpha value is -2.04. The monoisotopic (exact) mass is 290 g/mol. The molecule has 0 radical (unpaired) electrons. The number of hydrogen-bond donors (Lipinski definition) is 2. The lowest BCUT2D eigenvalue weighted by molar-refractivity contribution is -0.137. The average molecular weight is 290 g/mol. The number of urea groups is 1. The standard InChI is InChI=1S/C16H22N2O3/c1-12(13-5-3-2-4-6-13)9-10-17-16(21)18(11-15(19)20)14-7-8-14/h2-6,12,14H,7-11H2,1H3,(H,17,21)(H,19,20). The van der Waals surface area contributed by atoms with Crippen molar-refractivity contribution in [3.63, 3.8) is 0 Å². The maximum absolute atomic E-state index is 12.0. The lowest BCUT2D eigenvalue weighted by atomic mass is 9.98. The van der Waals surface area contributed by atoms with Gasteiger partial charge in [-0.25, -0.2) is 4.79 Å². The summed E-state index contributed by atoms with van der Waals surface area (Å²) in [6, 6.07) is 9.99. The van der Waals surface area contributed by atoms with Crippen LogP contribution in [0.3, 0.4) is 0 Å². The van der Waals surface area contributed by atoms with Crippen LogP contribution in [0.2, 0.25) is 0 Å². The molecule has 2 N–H and O–H groups in total. The number of hydrogen-bond acceptors (Lipinski definition) is 2. The first-order valence-electron chi connectivity index (χ1n) is 7.39. The predicted octanol–water partition coefficient (Wildman–Crippen LogP) is 2.44. The molecule has 1 fully saturated rings. The Morgan fingerprint density at radius 1 is 1.33 bits per heavy atom. The van der Waals surface area contributed by atoms with E-state index < -0.39 is 5.97 Å². The molecule has 1 aliphatic rings. The van der Waals surface area contributed by atoms with Gasteiger partial charge in [-0.15, -0.1) is 0 Å². The highest BCUT2D eigenvalue weighted by atomic mass is 16.4. The molecule has 0 heterocycles. The highest BCUT2D eigenvalue weighted by Crippen LogP contribution is 2.26. The fourth-order valence-electron chi connectivity index (χ4n) is 2.34. The molecule has 1 atom stereocenters. The summed E-state index contributed by atoms with van der Waals surface area (Å²) in [6.45, 7) is 2.46. The van der Waals surface area contributed by atoms with Crippen LogP contribution in [0.25, 0.3) is 0 Å². The fraction of sp³-hybridized carbons (Fsp3) is 0.500. The molecule has 2 rings (SSSR count). The molecule has 2 amide bonds. The Morgan fingerprint density at radius 2 is 2.00 bits per heavy atom. The Balaban J connectivity index is 1.76. The molecule has 114 valence electrons. The van der Waals surface area contributed by atoms with Gasteiger partial charge in [0.2, 0.25) is 0 Å². The molecule has 0 bridgehead atoms. The van der Waals surface area contributed by atoms with Gasteiger partial charge in [-0.1, -0.05) is 37.3 Å². The van der Waals surface area contributed by atoms with Crippen LogP contribution in [0.1, 0.15) is 37.7 Å². The van der Waals surface area contributed by atoms with Crippen molar-refractivity contribution in [2.24, 2.45) is 0 Å². The van der Waals surface area contributed by atoms with E-state index in [1.54, 1.807) is 0 Å². The Labute approximate surface area is 125 Å². The van der Waals surface area contributed by atoms with Gasteiger partial charge >= 0.3 is 12.0 Å². The number of benzene rings is 1. The van der Waals surface area contributed by atoms with Gasteiger partial charge in [0.15, 0.2) is 0 Å². The minimum absolute atomic E-state index is 0.104. The van der Waals surface area contributed by atoms with Crippen LogP contribution in [-0.4, -0.2) is 41.1 Å². The Morgan fingerprint density at radius 3 is 2.57 bits per heavy atom. The molecule has 1 unspecified atom stereocenters. The molecule has 1 aromatic carbocycles. The van der Waals surface area contributed by atoms with Gasteiger partial charge in [0.05, 0.1) is 0 Å². The van der Waals surface area contributed by atoms with Crippen LogP contribution in [-0.2, 0) is 4.79 Å². The zero-order valence-corrected chi connectivity index (χ0v) is 12.3. The number of amides is 2. The molecule has 0 aliphatic heterocycles. The van der Waals surface area contributed by atoms with E-state index in [2.05, 4.69) is 24.4 Å². The molecule has 0 aromatic heterocycles. The van der Waals surface area contributed by atoms with Crippen molar-refractivity contribution in [2.45, 2.75) is 38.1 Å². The largest absolute Gasteiger partial charge is 0.480 e. The summed E-state index contributed by atoms with van der Waals surface area (Å²) in [5, 5.41) is 11.7. The van der Waals surface area contributed by atoms with Crippen LogP contribution < -0.4 is 5.32 Å². The maximum Gasteiger partial charge on any atom is 0.323 e. The first-order valence-corrected chi connectivity index (χ1v) is 7.39. The van der Waals surface area contributed by atoms with E-state index in [1.165, 1.54) is 10.5 Å². The highest BCUT2D eigenvalue weighted by molar-refractivity contribution is 5.80. The van der Waals surface area contributed by atoms with E-state index in [4.69, 9.17) is 5.11 Å². The lowest BCUT2D eigenvalue weighted by Crippen LogP contribution is -2.44. The number of nitrogens with zero attached hydrogens (tertiary/aromatic N) is 1. The van der Waals surface area contributed by atoms with Crippen LogP contribution in [0.5, 0.6) is 0 Å². The second kappa shape index (κ2) is 7.11. The molecular weight excluding hydrogens is 268 g/mol. The minimum atomic E-state index is -0.963. The van der Waals surface area contributed by atoms with Gasteiger partial charge in [0.1, 0.15) is 6.54 Å². The van der Waals surface area contributed by atoms with E-state index in [0.717, 1.165) is 19.3 Å². The third-order valence-electron chi connectivity index (χ3n) is 3.78. The van der Waals surface area contributed by atoms with Gasteiger partial charge < -0.3 is 15.3 Å². The topological polar surface area (TPSA) is 69.6 Å². The lowest BCUT2D eigenvalue weighted by Gasteiger charge is -2.21. The Bertz CT molecular complexity index is 486. The first kappa shape index (κ1) is 15.4. The van der Waals surface area contributed by atoms with Crippen molar-refractivity contribution in [1.29, 1.82) is 0 Å². The fourth-order valence-corrected chi connectivity index (χ4v) is 2.34. The second-order valence-corrected chi connectivity index (χ2v) is 5.59. The van der Waals surface area contributed by atoms with Crippen molar-refractivity contribution >= 4 is 12.0 Å². The van der Waals surface area contributed by atoms with E-state index >= 15 is 0 Å². The van der Waals surface area contributed by atoms with Gasteiger partial charge in [-0.05, 0) is 30.7 Å². The van der Waals surface area contributed by atoms with Gasteiger partial charge in [0.25, 0.3) is 0 Å². The number of aliphatic carboxylic acids is 1. The van der Waals surface area contributed by atoms with Gasteiger partial charge in [-0.3, -0.25) is 4.79 Å². The van der Waals surface area contributed by atoms with E-state index in [0.29, 0.717) is 12.5 Å². The van der Waals surface area contributed by atoms with Gasteiger partial charge in [0, 0.05) is 12.6 Å². The summed E-state index contributed by atoms with van der Waals surface area (Å²) in [5.41, 5.74) is 1.25. The quantitative estimate of drug-likeness (QED) is 0.810. The third kappa shape index (κ3) is 4.77. The molecule has 5 heteroatoms. The summed E-state index contributed by atoms with van der Waals surface area (Å²) < 4.78 is 0. The number of carbonyl (C=O) groups is 2. The molecule has 0 spiro atoms. The third-order valence-corrected chi connectivity index (χ3v) is 3.78. The summed E-state index contributed by atoms with van der Waals surface area (Å²) in [4.78, 5) is 24.2. The predicted molar refractivity (Wildman–Crippen MR) is 80.2 cm³/mol. The molecule has 1 saturated carbocycles. The minimum Gasteiger partial charge on any atom is -0.480 e. The van der Waals surface area contributed by atoms with E-state index in [-0.39, 0.29) is 18.6 Å². The normalized spacial score (nSPS) is 15.3. The van der Waals surface area contributed by atoms with E-state index in [1.807, 2.05) is 18.2 Å². The van der Waals surface area contributed by atoms with Crippen molar-refractivity contribution in [2.75, 3.05) is 13.1 Å². The number of carbonyl (C=O) groups excluding carboxylic acids is 1. The number of nitrogens with one attached hydrogen (secondary N) is 1. The number of carboxylic acids is 1. The average Bonchev–Trinajstić information content (AvgIpc) is 3.29. The van der Waals surface area contributed by atoms with Crippen LogP contribution in [0.4, 0.5) is 4.79 Å². The first-order chi connectivity index (χ1) is 10.1. The van der Waals surface area contributed by atoms with Crippen molar-refractivity contribution < 1.29 is 14.7 Å². The van der Waals surface area contributed by atoms with Crippen molar-refractivity contribution in [3.05, 3.63) is 35.9 Å². The number of carboxylic acid groups (broad SMARTS) is 1. The van der Waals surface area contributed by atoms with Gasteiger partial charge in [-0.2, -0.15) is 0 Å². The molecular formula is C16H22N2O3. The van der Waals surface area contributed by atoms with Crippen molar-refractivity contribution in [1.82, 2.24) is 10.2 Å². The van der Waals surface area contributed by atoms with Crippen molar-refractivity contribution in [3.8, 4) is 0 Å². The smallest absolute Gasteiger partial charge is 0.323 e. The van der Waals surface area contributed by atoms with Crippen LogP contribution in [0, 0.1) is 0 Å². The molecule has 21 heavy (non-hydrogen) atoms. The maximum atomic E-state index is 12.0. The second-order valence-electron chi connectivity index (χ2n) is 5.59. The summed E-state index contributed by atoms with van der Waals surface area (Å²) in [5.74, 6) is -0.602. The highest BCUT2D eigenvalue weighted by Gasteiger charge is 2.33. The number of rotatable bonds is 7. The molecule has 0 saturated heterocycles. The zero-order chi connectivity index (χ0) is 15.2. The zero-order valence-electron chi connectivity index (χ0n) is 12.3. The Kier molecular flexibility index (Phi) is 5.20. The molecule has 5 nitrogen and oxygen atoms in total. The summed E-state index contributed by atoms with van der Waals surface area (Å²) >= 11 is 0.